The second-order valence-electron chi connectivity index (χ2n) is 5.37. The predicted molar refractivity (Wildman–Crippen MR) is 89.7 cm³/mol. The normalized spacial score (nSPS) is 12.0. The Morgan fingerprint density at radius 1 is 1.32 bits per heavy atom. The van der Waals surface area contributed by atoms with Gasteiger partial charge in [0.1, 0.15) is 11.7 Å². The summed E-state index contributed by atoms with van der Waals surface area (Å²) >= 11 is 0. The number of H-pyrrole nitrogens is 1. The van der Waals surface area contributed by atoms with Crippen LogP contribution in [0.1, 0.15) is 29.3 Å². The van der Waals surface area contributed by atoms with Crippen molar-refractivity contribution in [3.05, 3.63) is 29.6 Å². The largest absolute Gasteiger partial charge is 0.490 e. The Bertz CT molecular complexity index is 850. The number of carboxylic acid groups (broad SMARTS) is 2. The number of carbonyl (C=O) groups excluding carboxylic acids is 1. The van der Waals surface area contributed by atoms with Crippen molar-refractivity contribution in [1.82, 2.24) is 15.3 Å². The summed E-state index contributed by atoms with van der Waals surface area (Å²) in [4.78, 5) is 38.8. The molecule has 4 N–H and O–H groups in total. The van der Waals surface area contributed by atoms with Crippen LogP contribution >= 0.6 is 0 Å². The molecular weight excluding hydrogens is 387 g/mol. The van der Waals surface area contributed by atoms with Crippen molar-refractivity contribution in [2.45, 2.75) is 32.1 Å². The van der Waals surface area contributed by atoms with Crippen LogP contribution in [0.15, 0.2) is 18.5 Å². The van der Waals surface area contributed by atoms with Crippen molar-refractivity contribution in [2.24, 2.45) is 0 Å². The van der Waals surface area contributed by atoms with Crippen molar-refractivity contribution < 1.29 is 42.5 Å². The number of pyridine rings is 1. The van der Waals surface area contributed by atoms with E-state index in [9.17, 15) is 22.8 Å². The van der Waals surface area contributed by atoms with Crippen LogP contribution in [0, 0.1) is 0 Å². The van der Waals surface area contributed by atoms with Crippen LogP contribution in [-0.2, 0) is 20.9 Å². The molecule has 0 aliphatic carbocycles. The average molecular weight is 405 g/mol. The number of hydrogen-bond donors (Lipinski definition) is 4. The number of halogens is 3. The van der Waals surface area contributed by atoms with E-state index in [1.54, 1.807) is 25.4 Å². The van der Waals surface area contributed by atoms with Crippen molar-refractivity contribution in [2.75, 3.05) is 7.11 Å². The van der Waals surface area contributed by atoms with E-state index in [4.69, 9.17) is 19.7 Å². The van der Waals surface area contributed by atoms with Crippen LogP contribution in [0.5, 0.6) is 0 Å². The molecule has 0 bridgehead atoms. The zero-order chi connectivity index (χ0) is 21.5. The van der Waals surface area contributed by atoms with E-state index < -0.39 is 30.1 Å². The van der Waals surface area contributed by atoms with E-state index in [1.165, 1.54) is 7.11 Å². The highest BCUT2D eigenvalue weighted by Crippen LogP contribution is 2.21. The number of aliphatic carboxylic acids is 2. The maximum Gasteiger partial charge on any atom is 0.490 e. The Morgan fingerprint density at radius 2 is 1.93 bits per heavy atom. The summed E-state index contributed by atoms with van der Waals surface area (Å²) in [6.07, 6.45) is -1.46. The number of carbonyl (C=O) groups is 3. The maximum atomic E-state index is 11.8. The summed E-state index contributed by atoms with van der Waals surface area (Å²) in [6.45, 7) is 2.12. The smallest absolute Gasteiger partial charge is 0.480 e. The first kappa shape index (κ1) is 22.9. The lowest BCUT2D eigenvalue weighted by Crippen LogP contribution is -2.35. The Morgan fingerprint density at radius 3 is 2.39 bits per heavy atom. The number of fused-ring (bicyclic) bond motifs is 1. The highest BCUT2D eigenvalue weighted by Gasteiger charge is 2.38. The van der Waals surface area contributed by atoms with Gasteiger partial charge in [-0.3, -0.25) is 4.79 Å². The number of nitrogens with zero attached hydrogens (tertiary/aromatic N) is 1. The van der Waals surface area contributed by atoms with Crippen LogP contribution in [0.2, 0.25) is 0 Å². The number of aromatic amines is 1. The molecule has 0 aromatic carbocycles. The molecule has 2 aromatic heterocycles. The molecular formula is C16H18F3N3O6. The molecule has 0 saturated heterocycles. The quantitative estimate of drug-likeness (QED) is 0.534. The van der Waals surface area contributed by atoms with Gasteiger partial charge in [0.25, 0.3) is 0 Å². The topological polar surface area (TPSA) is 142 Å². The third-order valence-electron chi connectivity index (χ3n) is 3.55. The number of ether oxygens (including phenoxy) is 1. The van der Waals surface area contributed by atoms with Crippen molar-refractivity contribution in [3.63, 3.8) is 0 Å². The minimum Gasteiger partial charge on any atom is -0.480 e. The van der Waals surface area contributed by atoms with E-state index in [-0.39, 0.29) is 0 Å². The zero-order valence-corrected chi connectivity index (χ0v) is 14.8. The van der Waals surface area contributed by atoms with Gasteiger partial charge >= 0.3 is 24.1 Å². The van der Waals surface area contributed by atoms with E-state index in [1.807, 2.05) is 0 Å². The minimum absolute atomic E-state index is 0.325. The van der Waals surface area contributed by atoms with E-state index in [0.717, 1.165) is 5.56 Å². The Hall–Kier alpha value is -3.15. The van der Waals surface area contributed by atoms with Crippen LogP contribution in [0.3, 0.4) is 0 Å². The first-order valence-corrected chi connectivity index (χ1v) is 7.82. The molecule has 0 amide bonds. The van der Waals surface area contributed by atoms with Gasteiger partial charge in [-0.05, 0) is 18.1 Å². The van der Waals surface area contributed by atoms with Gasteiger partial charge in [0.05, 0.1) is 12.7 Å². The monoisotopic (exact) mass is 405 g/mol. The molecule has 0 unspecified atom stereocenters. The SMILES string of the molecule is CC[C@@H](NCc1ccnc2[nH]cc(C(=O)OC)c12)C(=O)O.O=C(O)C(F)(F)F. The predicted octanol–water partition coefficient (Wildman–Crippen LogP) is 1.94. The van der Waals surface area contributed by atoms with Crippen LogP contribution < -0.4 is 5.32 Å². The third-order valence-corrected chi connectivity index (χ3v) is 3.55. The average Bonchev–Trinajstić information content (AvgIpc) is 3.06. The van der Waals surface area contributed by atoms with Crippen LogP contribution in [0.4, 0.5) is 13.2 Å². The van der Waals surface area contributed by atoms with Crippen molar-refractivity contribution >= 4 is 28.9 Å². The molecule has 0 radical (unpaired) electrons. The molecule has 0 aliphatic heterocycles. The van der Waals surface area contributed by atoms with Gasteiger partial charge in [0.2, 0.25) is 0 Å². The molecule has 2 rings (SSSR count). The number of nitrogens with one attached hydrogen (secondary N) is 2. The van der Waals surface area contributed by atoms with Gasteiger partial charge in [-0.1, -0.05) is 6.92 Å². The Kier molecular flexibility index (Phi) is 7.92. The number of alkyl halides is 3. The number of carboxylic acids is 2. The zero-order valence-electron chi connectivity index (χ0n) is 14.8. The number of esters is 1. The van der Waals surface area contributed by atoms with E-state index >= 15 is 0 Å². The molecule has 0 aliphatic rings. The summed E-state index contributed by atoms with van der Waals surface area (Å²) in [5.41, 5.74) is 1.75. The van der Waals surface area contributed by atoms with Crippen LogP contribution in [-0.4, -0.2) is 57.4 Å². The lowest BCUT2D eigenvalue weighted by atomic mass is 10.1. The molecule has 0 spiro atoms. The van der Waals surface area contributed by atoms with Crippen molar-refractivity contribution in [1.29, 1.82) is 0 Å². The van der Waals surface area contributed by atoms with Crippen LogP contribution in [0.25, 0.3) is 11.0 Å². The lowest BCUT2D eigenvalue weighted by Gasteiger charge is -2.13. The van der Waals surface area contributed by atoms with E-state index in [2.05, 4.69) is 15.3 Å². The van der Waals surface area contributed by atoms with Gasteiger partial charge in [-0.25, -0.2) is 14.6 Å². The molecule has 154 valence electrons. The summed E-state index contributed by atoms with van der Waals surface area (Å²) < 4.78 is 36.5. The molecule has 1 atom stereocenters. The highest BCUT2D eigenvalue weighted by molar-refractivity contribution is 6.04. The summed E-state index contributed by atoms with van der Waals surface area (Å²) in [7, 11) is 1.31. The Labute approximate surface area is 156 Å². The van der Waals surface area contributed by atoms with Crippen molar-refractivity contribution in [3.8, 4) is 0 Å². The first-order valence-electron chi connectivity index (χ1n) is 7.82. The number of hydrogen-bond acceptors (Lipinski definition) is 6. The summed E-state index contributed by atoms with van der Waals surface area (Å²) in [5, 5.41) is 19.8. The molecule has 2 aromatic rings. The molecule has 9 nitrogen and oxygen atoms in total. The van der Waals surface area contributed by atoms with Gasteiger partial charge in [-0.15, -0.1) is 0 Å². The second kappa shape index (κ2) is 9.69. The summed E-state index contributed by atoms with van der Waals surface area (Å²) in [5.74, 6) is -4.11. The first-order chi connectivity index (χ1) is 13.0. The highest BCUT2D eigenvalue weighted by atomic mass is 19.4. The van der Waals surface area contributed by atoms with Gasteiger partial charge in [0, 0.05) is 24.3 Å². The fourth-order valence-electron chi connectivity index (χ4n) is 2.18. The summed E-state index contributed by atoms with van der Waals surface area (Å²) in [6, 6.07) is 1.12. The molecule has 2 heterocycles. The molecule has 0 saturated carbocycles. The van der Waals surface area contributed by atoms with Gasteiger partial charge < -0.3 is 25.3 Å². The fraction of sp³-hybridized carbons (Fsp3) is 0.375. The number of aromatic nitrogens is 2. The second-order valence-corrected chi connectivity index (χ2v) is 5.37. The molecule has 12 heteroatoms. The minimum atomic E-state index is -5.08. The maximum absolute atomic E-state index is 11.8. The molecule has 28 heavy (non-hydrogen) atoms. The number of rotatable bonds is 6. The van der Waals surface area contributed by atoms with E-state index in [0.29, 0.717) is 29.6 Å². The third kappa shape index (κ3) is 5.94. The van der Waals surface area contributed by atoms with Gasteiger partial charge in [-0.2, -0.15) is 13.2 Å². The number of methoxy groups -OCH3 is 1. The lowest BCUT2D eigenvalue weighted by molar-refractivity contribution is -0.192. The fourth-order valence-corrected chi connectivity index (χ4v) is 2.18. The standard InChI is InChI=1S/C14H17N3O4.C2HF3O2/c1-3-10(13(18)19)16-6-8-4-5-15-12-11(8)9(7-17-12)14(20)21-2;3-2(4,5)1(6)7/h4-5,7,10,16H,3,6H2,1-2H3,(H,15,17)(H,18,19);(H,6,7)/t10-;/m1./s1. The Balaban J connectivity index is 0.000000480. The molecule has 0 fully saturated rings. The van der Waals surface area contributed by atoms with Gasteiger partial charge in [0.15, 0.2) is 0 Å².